The lowest BCUT2D eigenvalue weighted by Crippen LogP contribution is -2.32. The summed E-state index contributed by atoms with van der Waals surface area (Å²) in [6.45, 7) is 0.257. The van der Waals surface area contributed by atoms with Crippen molar-refractivity contribution in [3.8, 4) is 0 Å². The van der Waals surface area contributed by atoms with Crippen LogP contribution in [0.4, 0.5) is 11.4 Å². The van der Waals surface area contributed by atoms with Crippen LogP contribution in [-0.4, -0.2) is 53.4 Å². The molecule has 1 atom stereocenters. The van der Waals surface area contributed by atoms with Crippen molar-refractivity contribution in [1.29, 1.82) is 0 Å². The van der Waals surface area contributed by atoms with Gasteiger partial charge in [-0.2, -0.15) is 0 Å². The number of hydrogen-bond acceptors (Lipinski definition) is 7. The second-order valence-corrected chi connectivity index (χ2v) is 4.84. The number of nitrogens with zero attached hydrogens (tertiary/aromatic N) is 3. The molecule has 1 aromatic carbocycles. The fraction of sp³-hybridized carbons (Fsp3) is 0.385. The second-order valence-electron chi connectivity index (χ2n) is 4.84. The van der Waals surface area contributed by atoms with E-state index in [1.807, 2.05) is 0 Å². The summed E-state index contributed by atoms with van der Waals surface area (Å²) in [5.74, 6) is 0. The average molecular weight is 308 g/mol. The van der Waals surface area contributed by atoms with Crippen molar-refractivity contribution >= 4 is 22.3 Å². The normalized spacial score (nSPS) is 12.3. The molecule has 1 heterocycles. The van der Waals surface area contributed by atoms with Crippen LogP contribution in [0.3, 0.4) is 0 Å². The van der Waals surface area contributed by atoms with Crippen LogP contribution in [0.25, 0.3) is 10.9 Å². The molecule has 0 spiro atoms. The molecule has 0 fully saturated rings. The highest BCUT2D eigenvalue weighted by Crippen LogP contribution is 2.30. The van der Waals surface area contributed by atoms with Gasteiger partial charge in [0.25, 0.3) is 11.2 Å². The molecular formula is C13H16N4O5. The predicted molar refractivity (Wildman–Crippen MR) is 80.2 cm³/mol. The molecule has 1 aromatic heterocycles. The standard InChI is InChI=1S/C13H16N4O5/c1-16(5-8(18)6-22-2)11-4-10-9(3-12(11)17(20)21)13(19)15-7-14-10/h3-4,7-8,18H,5-6H2,1-2H3,(H,14,15,19). The first-order valence-electron chi connectivity index (χ1n) is 6.48. The number of likely N-dealkylation sites (N-methyl/N-ethyl adjacent to an activating group) is 1. The highest BCUT2D eigenvalue weighted by molar-refractivity contribution is 5.86. The minimum Gasteiger partial charge on any atom is -0.389 e. The molecule has 0 aliphatic carbocycles. The predicted octanol–water partition coefficient (Wildman–Crippen LogP) is 0.275. The van der Waals surface area contributed by atoms with Crippen LogP contribution in [0, 0.1) is 10.1 Å². The van der Waals surface area contributed by atoms with E-state index in [0.29, 0.717) is 5.52 Å². The molecule has 0 amide bonds. The number of aliphatic hydroxyl groups excluding tert-OH is 1. The van der Waals surface area contributed by atoms with Gasteiger partial charge in [-0.1, -0.05) is 0 Å². The lowest BCUT2D eigenvalue weighted by Gasteiger charge is -2.22. The molecule has 2 rings (SSSR count). The number of aromatic amines is 1. The van der Waals surface area contributed by atoms with Gasteiger partial charge in [-0.15, -0.1) is 0 Å². The molecule has 0 bridgehead atoms. The number of H-pyrrole nitrogens is 1. The van der Waals surface area contributed by atoms with Crippen molar-refractivity contribution in [2.24, 2.45) is 0 Å². The topological polar surface area (TPSA) is 122 Å². The molecule has 1 unspecified atom stereocenters. The molecule has 2 N–H and O–H groups in total. The summed E-state index contributed by atoms with van der Waals surface area (Å²) in [4.78, 5) is 30.3. The first-order valence-corrected chi connectivity index (χ1v) is 6.48. The number of nitro benzene ring substituents is 1. The van der Waals surface area contributed by atoms with Gasteiger partial charge in [-0.3, -0.25) is 14.9 Å². The monoisotopic (exact) mass is 308 g/mol. The lowest BCUT2D eigenvalue weighted by atomic mass is 10.1. The number of hydrogen-bond donors (Lipinski definition) is 2. The van der Waals surface area contributed by atoms with Gasteiger partial charge in [0.1, 0.15) is 5.69 Å². The van der Waals surface area contributed by atoms with Gasteiger partial charge in [0.2, 0.25) is 0 Å². The van der Waals surface area contributed by atoms with E-state index in [9.17, 15) is 20.0 Å². The number of aliphatic hydroxyl groups is 1. The number of nitrogens with one attached hydrogen (secondary N) is 1. The number of ether oxygens (including phenoxy) is 1. The quantitative estimate of drug-likeness (QED) is 0.580. The van der Waals surface area contributed by atoms with Crippen LogP contribution in [0.5, 0.6) is 0 Å². The van der Waals surface area contributed by atoms with E-state index >= 15 is 0 Å². The van der Waals surface area contributed by atoms with Gasteiger partial charge in [0.15, 0.2) is 0 Å². The third kappa shape index (κ3) is 3.21. The molecule has 9 heteroatoms. The van der Waals surface area contributed by atoms with Crippen LogP contribution < -0.4 is 10.5 Å². The highest BCUT2D eigenvalue weighted by atomic mass is 16.6. The zero-order valence-corrected chi connectivity index (χ0v) is 12.1. The van der Waals surface area contributed by atoms with Gasteiger partial charge >= 0.3 is 0 Å². The molecule has 22 heavy (non-hydrogen) atoms. The van der Waals surface area contributed by atoms with Gasteiger partial charge in [-0.25, -0.2) is 4.98 Å². The minimum absolute atomic E-state index is 0.115. The van der Waals surface area contributed by atoms with Crippen LogP contribution >= 0.6 is 0 Å². The summed E-state index contributed by atoms with van der Waals surface area (Å²) < 4.78 is 4.84. The summed E-state index contributed by atoms with van der Waals surface area (Å²) in [6, 6.07) is 2.65. The Labute approximate surface area is 125 Å². The number of aromatic nitrogens is 2. The fourth-order valence-corrected chi connectivity index (χ4v) is 2.20. The third-order valence-electron chi connectivity index (χ3n) is 3.19. The average Bonchev–Trinajstić information content (AvgIpc) is 2.46. The maximum atomic E-state index is 11.7. The number of benzene rings is 1. The van der Waals surface area contributed by atoms with Crippen molar-refractivity contribution in [1.82, 2.24) is 9.97 Å². The van der Waals surface area contributed by atoms with E-state index in [4.69, 9.17) is 4.74 Å². The van der Waals surface area contributed by atoms with Gasteiger partial charge < -0.3 is 19.7 Å². The van der Waals surface area contributed by atoms with Crippen LogP contribution in [0.15, 0.2) is 23.3 Å². The van der Waals surface area contributed by atoms with Crippen molar-refractivity contribution in [2.45, 2.75) is 6.10 Å². The lowest BCUT2D eigenvalue weighted by molar-refractivity contribution is -0.384. The molecule has 0 aliphatic rings. The Morgan fingerprint density at radius 2 is 2.27 bits per heavy atom. The Morgan fingerprint density at radius 1 is 1.55 bits per heavy atom. The van der Waals surface area contributed by atoms with E-state index in [-0.39, 0.29) is 29.9 Å². The SMILES string of the molecule is COCC(O)CN(C)c1cc2nc[nH]c(=O)c2cc1[N+](=O)[O-]. The van der Waals surface area contributed by atoms with Gasteiger partial charge in [0.05, 0.1) is 34.9 Å². The van der Waals surface area contributed by atoms with Gasteiger partial charge in [-0.05, 0) is 6.07 Å². The molecule has 0 radical (unpaired) electrons. The number of anilines is 1. The van der Waals surface area contributed by atoms with Crippen molar-refractivity contribution in [2.75, 3.05) is 32.2 Å². The first kappa shape index (κ1) is 15.9. The Bertz CT molecular complexity index is 745. The molecule has 118 valence electrons. The summed E-state index contributed by atoms with van der Waals surface area (Å²) >= 11 is 0. The highest BCUT2D eigenvalue weighted by Gasteiger charge is 2.21. The summed E-state index contributed by atoms with van der Waals surface area (Å²) in [6.07, 6.45) is 0.442. The molecule has 0 saturated heterocycles. The number of fused-ring (bicyclic) bond motifs is 1. The van der Waals surface area contributed by atoms with E-state index in [0.717, 1.165) is 0 Å². The minimum atomic E-state index is -0.794. The van der Waals surface area contributed by atoms with Gasteiger partial charge in [0, 0.05) is 26.8 Å². The smallest absolute Gasteiger partial charge is 0.293 e. The number of methoxy groups -OCH3 is 1. The van der Waals surface area contributed by atoms with E-state index < -0.39 is 16.6 Å². The number of rotatable bonds is 6. The van der Waals surface area contributed by atoms with Crippen molar-refractivity contribution < 1.29 is 14.8 Å². The molecular weight excluding hydrogens is 292 g/mol. The van der Waals surface area contributed by atoms with E-state index in [1.165, 1.54) is 30.5 Å². The molecule has 0 aliphatic heterocycles. The first-order chi connectivity index (χ1) is 10.4. The summed E-state index contributed by atoms with van der Waals surface area (Å²) in [5.41, 5.74) is -0.0528. The Morgan fingerprint density at radius 3 is 2.91 bits per heavy atom. The van der Waals surface area contributed by atoms with Crippen LogP contribution in [0.1, 0.15) is 0 Å². The third-order valence-corrected chi connectivity index (χ3v) is 3.19. The Kier molecular flexibility index (Phi) is 4.68. The van der Waals surface area contributed by atoms with Crippen molar-refractivity contribution in [3.63, 3.8) is 0 Å². The Hall–Kier alpha value is -2.52. The van der Waals surface area contributed by atoms with Crippen molar-refractivity contribution in [3.05, 3.63) is 38.9 Å². The maximum absolute atomic E-state index is 11.7. The second kappa shape index (κ2) is 6.50. The zero-order valence-electron chi connectivity index (χ0n) is 12.1. The van der Waals surface area contributed by atoms with Crippen LogP contribution in [-0.2, 0) is 4.74 Å². The Balaban J connectivity index is 2.49. The molecule has 2 aromatic rings. The fourth-order valence-electron chi connectivity index (χ4n) is 2.20. The zero-order chi connectivity index (χ0) is 16.3. The maximum Gasteiger partial charge on any atom is 0.293 e. The van der Waals surface area contributed by atoms with Crippen LogP contribution in [0.2, 0.25) is 0 Å². The molecule has 9 nitrogen and oxygen atoms in total. The largest absolute Gasteiger partial charge is 0.389 e. The number of nitro groups is 1. The summed E-state index contributed by atoms with van der Waals surface area (Å²) in [7, 11) is 3.07. The summed E-state index contributed by atoms with van der Waals surface area (Å²) in [5, 5.41) is 21.2. The van der Waals surface area contributed by atoms with E-state index in [2.05, 4.69) is 9.97 Å². The molecule has 0 saturated carbocycles. The van der Waals surface area contributed by atoms with E-state index in [1.54, 1.807) is 7.05 Å².